The molecular formula is C21H27FN4O6. The van der Waals surface area contributed by atoms with Crippen LogP contribution in [0.25, 0.3) is 0 Å². The van der Waals surface area contributed by atoms with Crippen molar-refractivity contribution in [2.75, 3.05) is 26.2 Å². The third-order valence-corrected chi connectivity index (χ3v) is 5.61. The van der Waals surface area contributed by atoms with Crippen molar-refractivity contribution < 1.29 is 34.1 Å². The van der Waals surface area contributed by atoms with Gasteiger partial charge in [-0.25, -0.2) is 4.39 Å². The van der Waals surface area contributed by atoms with Crippen LogP contribution in [0.15, 0.2) is 36.7 Å². The van der Waals surface area contributed by atoms with Gasteiger partial charge in [-0.05, 0) is 31.4 Å². The molecule has 0 bridgehead atoms. The summed E-state index contributed by atoms with van der Waals surface area (Å²) in [6, 6.07) is 5.97. The van der Waals surface area contributed by atoms with Crippen molar-refractivity contribution in [3.05, 3.63) is 48.0 Å². The van der Waals surface area contributed by atoms with Gasteiger partial charge >= 0.3 is 0 Å². The van der Waals surface area contributed by atoms with Crippen LogP contribution in [0.1, 0.15) is 24.8 Å². The van der Waals surface area contributed by atoms with E-state index in [2.05, 4.69) is 10.00 Å². The summed E-state index contributed by atoms with van der Waals surface area (Å²) in [7, 11) is 0. The number of carbonyl (C=O) groups is 3. The average Bonchev–Trinajstić information content (AvgIpc) is 3.26. The Bertz CT molecular complexity index is 874. The second kappa shape index (κ2) is 11.8. The Morgan fingerprint density at radius 2 is 1.75 bits per heavy atom. The Morgan fingerprint density at radius 1 is 1.12 bits per heavy atom. The molecule has 0 unspecified atom stereocenters. The first-order chi connectivity index (χ1) is 15.4. The third kappa shape index (κ3) is 5.82. The molecule has 3 heterocycles. The highest BCUT2D eigenvalue weighted by Gasteiger charge is 2.46. The molecule has 2 fully saturated rings. The Balaban J connectivity index is 0.000000547. The highest BCUT2D eigenvalue weighted by atomic mass is 19.1. The molecule has 4 rings (SSSR count). The molecule has 32 heavy (non-hydrogen) atoms. The largest absolute Gasteiger partial charge is 0.508 e. The molecule has 2 aliphatic rings. The van der Waals surface area contributed by atoms with Crippen LogP contribution in [0, 0.1) is 5.82 Å². The predicted molar refractivity (Wildman–Crippen MR) is 111 cm³/mol. The fourth-order valence-electron chi connectivity index (χ4n) is 3.87. The highest BCUT2D eigenvalue weighted by molar-refractivity contribution is 5.85. The topological polar surface area (TPSA) is 136 Å². The van der Waals surface area contributed by atoms with E-state index in [0.717, 1.165) is 38.7 Å². The summed E-state index contributed by atoms with van der Waals surface area (Å²) in [6.45, 7) is 3.13. The summed E-state index contributed by atoms with van der Waals surface area (Å²) in [6.07, 6.45) is 6.00. The van der Waals surface area contributed by atoms with Gasteiger partial charge in [0.05, 0.1) is 0 Å². The predicted octanol–water partition coefficient (Wildman–Crippen LogP) is 1.35. The number of halogens is 1. The number of piperidine rings is 1. The van der Waals surface area contributed by atoms with Gasteiger partial charge in [-0.2, -0.15) is 5.10 Å². The van der Waals surface area contributed by atoms with E-state index in [4.69, 9.17) is 19.8 Å². The number of aromatic hydroxyl groups is 1. The van der Waals surface area contributed by atoms with Crippen molar-refractivity contribution >= 4 is 18.9 Å². The Hall–Kier alpha value is -3.47. The van der Waals surface area contributed by atoms with E-state index in [1.807, 2.05) is 21.8 Å². The van der Waals surface area contributed by atoms with Crippen molar-refractivity contribution in [1.29, 1.82) is 0 Å². The highest BCUT2D eigenvalue weighted by Crippen LogP contribution is 2.34. The fourth-order valence-corrected chi connectivity index (χ4v) is 3.87. The van der Waals surface area contributed by atoms with Crippen molar-refractivity contribution in [3.8, 4) is 5.75 Å². The summed E-state index contributed by atoms with van der Waals surface area (Å²) in [5, 5.41) is 28.1. The standard InChI is InChI=1S/C19H23FN4O2.2CH2O2/c20-16-4-3-15(17(25)13-16)14-22-11-5-19(6-12-22,24-10-1-7-21-24)18(26)23-8-2-9-23;2*2-1-3/h1,3-4,7,10,13,25H,2,5-6,8-9,11-12,14H2;2*1H,(H,2,3). The minimum atomic E-state index is -0.620. The van der Waals surface area contributed by atoms with E-state index in [9.17, 15) is 14.3 Å². The number of amides is 1. The van der Waals surface area contributed by atoms with E-state index in [1.54, 1.807) is 12.3 Å². The number of phenolic OH excluding ortho intramolecular Hbond substituents is 1. The molecule has 0 atom stereocenters. The van der Waals surface area contributed by atoms with Crippen LogP contribution in [-0.4, -0.2) is 79.9 Å². The number of rotatable bonds is 4. The number of hydrogen-bond acceptors (Lipinski definition) is 6. The van der Waals surface area contributed by atoms with Crippen molar-refractivity contribution in [1.82, 2.24) is 19.6 Å². The van der Waals surface area contributed by atoms with Gasteiger partial charge in [-0.3, -0.25) is 24.0 Å². The molecule has 1 amide bonds. The summed E-state index contributed by atoms with van der Waals surface area (Å²) in [4.78, 5) is 34.0. The number of benzene rings is 1. The van der Waals surface area contributed by atoms with Crippen LogP contribution in [0.3, 0.4) is 0 Å². The normalized spacial score (nSPS) is 17.0. The van der Waals surface area contributed by atoms with E-state index >= 15 is 0 Å². The fraction of sp³-hybridized carbons (Fsp3) is 0.429. The van der Waals surface area contributed by atoms with Gasteiger partial charge in [0.2, 0.25) is 0 Å². The molecule has 10 nitrogen and oxygen atoms in total. The number of hydrogen-bond donors (Lipinski definition) is 3. The minimum Gasteiger partial charge on any atom is -0.508 e. The molecule has 0 saturated carbocycles. The molecule has 174 valence electrons. The Kier molecular flexibility index (Phi) is 9.14. The van der Waals surface area contributed by atoms with Crippen LogP contribution < -0.4 is 0 Å². The van der Waals surface area contributed by atoms with E-state index in [1.165, 1.54) is 6.07 Å². The zero-order valence-corrected chi connectivity index (χ0v) is 17.5. The molecule has 0 aliphatic carbocycles. The Morgan fingerprint density at radius 3 is 2.22 bits per heavy atom. The van der Waals surface area contributed by atoms with Crippen LogP contribution in [0.5, 0.6) is 5.75 Å². The van der Waals surface area contributed by atoms with Gasteiger partial charge < -0.3 is 20.2 Å². The van der Waals surface area contributed by atoms with Gasteiger partial charge in [0, 0.05) is 56.7 Å². The van der Waals surface area contributed by atoms with Crippen molar-refractivity contribution in [2.24, 2.45) is 0 Å². The lowest BCUT2D eigenvalue weighted by Gasteiger charge is -2.45. The van der Waals surface area contributed by atoms with Crippen molar-refractivity contribution in [2.45, 2.75) is 31.3 Å². The van der Waals surface area contributed by atoms with Crippen LogP contribution in [0.2, 0.25) is 0 Å². The van der Waals surface area contributed by atoms with Crippen molar-refractivity contribution in [3.63, 3.8) is 0 Å². The van der Waals surface area contributed by atoms with E-state index < -0.39 is 11.4 Å². The van der Waals surface area contributed by atoms with E-state index in [-0.39, 0.29) is 24.6 Å². The van der Waals surface area contributed by atoms with Gasteiger partial charge in [-0.15, -0.1) is 0 Å². The van der Waals surface area contributed by atoms with Gasteiger partial charge in [0.1, 0.15) is 17.1 Å². The molecule has 1 aromatic carbocycles. The average molecular weight is 450 g/mol. The molecular weight excluding hydrogens is 423 g/mol. The third-order valence-electron chi connectivity index (χ3n) is 5.61. The van der Waals surface area contributed by atoms with Gasteiger partial charge in [0.25, 0.3) is 18.9 Å². The zero-order chi connectivity index (χ0) is 23.6. The monoisotopic (exact) mass is 450 g/mol. The smallest absolute Gasteiger partial charge is 0.290 e. The first kappa shape index (κ1) is 24.8. The number of phenols is 1. The molecule has 1 aromatic heterocycles. The number of carboxylic acid groups (broad SMARTS) is 2. The second-order valence-electron chi connectivity index (χ2n) is 7.39. The maximum absolute atomic E-state index is 13.2. The molecule has 3 N–H and O–H groups in total. The minimum absolute atomic E-state index is 0.0226. The number of likely N-dealkylation sites (tertiary alicyclic amines) is 2. The lowest BCUT2D eigenvalue weighted by molar-refractivity contribution is -0.148. The lowest BCUT2D eigenvalue weighted by atomic mass is 9.85. The first-order valence-corrected chi connectivity index (χ1v) is 10.1. The SMILES string of the molecule is O=C(N1CCC1)C1(n2cccn2)CCN(Cc2ccc(F)cc2O)CC1.O=CO.O=CO. The summed E-state index contributed by atoms with van der Waals surface area (Å²) in [5.74, 6) is -0.301. The summed E-state index contributed by atoms with van der Waals surface area (Å²) >= 11 is 0. The number of aromatic nitrogens is 2. The van der Waals surface area contributed by atoms with Gasteiger partial charge in [-0.1, -0.05) is 6.07 Å². The molecule has 2 aromatic rings. The Labute approximate surface area is 184 Å². The van der Waals surface area contributed by atoms with Crippen LogP contribution in [0.4, 0.5) is 4.39 Å². The molecule has 2 aliphatic heterocycles. The number of nitrogens with zero attached hydrogens (tertiary/aromatic N) is 4. The lowest BCUT2D eigenvalue weighted by Crippen LogP contribution is -2.59. The first-order valence-electron chi connectivity index (χ1n) is 10.1. The zero-order valence-electron chi connectivity index (χ0n) is 17.5. The number of carbonyl (C=O) groups excluding carboxylic acids is 1. The molecule has 0 spiro atoms. The summed E-state index contributed by atoms with van der Waals surface area (Å²) < 4.78 is 15.0. The van der Waals surface area contributed by atoms with Gasteiger partial charge in [0.15, 0.2) is 0 Å². The van der Waals surface area contributed by atoms with Crippen LogP contribution in [-0.2, 0) is 26.5 Å². The summed E-state index contributed by atoms with van der Waals surface area (Å²) in [5.41, 5.74) is 0.0812. The maximum Gasteiger partial charge on any atom is 0.290 e. The van der Waals surface area contributed by atoms with E-state index in [0.29, 0.717) is 24.9 Å². The quantitative estimate of drug-likeness (QED) is 0.594. The molecule has 2 saturated heterocycles. The molecule has 0 radical (unpaired) electrons. The molecule has 11 heteroatoms. The van der Waals surface area contributed by atoms with Crippen LogP contribution >= 0.6 is 0 Å². The maximum atomic E-state index is 13.2. The second-order valence-corrected chi connectivity index (χ2v) is 7.39.